The van der Waals surface area contributed by atoms with Gasteiger partial charge in [0, 0.05) is 17.7 Å². The van der Waals surface area contributed by atoms with Gasteiger partial charge in [-0.25, -0.2) is 0 Å². The maximum Gasteiger partial charge on any atom is 0.270 e. The van der Waals surface area contributed by atoms with Crippen LogP contribution >= 0.6 is 12.2 Å². The van der Waals surface area contributed by atoms with Crippen molar-refractivity contribution in [3.8, 4) is 5.75 Å². The van der Waals surface area contributed by atoms with Gasteiger partial charge in [-0.15, -0.1) is 0 Å². The largest absolute Gasteiger partial charge is 0.488 e. The van der Waals surface area contributed by atoms with Gasteiger partial charge in [0.25, 0.3) is 5.69 Å². The first kappa shape index (κ1) is 18.3. The second-order valence-electron chi connectivity index (χ2n) is 5.64. The van der Waals surface area contributed by atoms with Gasteiger partial charge in [0.2, 0.25) is 0 Å². The quantitative estimate of drug-likeness (QED) is 0.294. The highest BCUT2D eigenvalue weighted by atomic mass is 32.1. The normalized spacial score (nSPS) is 10.8. The van der Waals surface area contributed by atoms with Crippen LogP contribution in [0.15, 0.2) is 65.8 Å². The molecule has 0 aliphatic carbocycles. The number of benzene rings is 3. The Bertz CT molecular complexity index is 1030. The van der Waals surface area contributed by atoms with Gasteiger partial charge in [-0.2, -0.15) is 5.10 Å². The summed E-state index contributed by atoms with van der Waals surface area (Å²) in [5, 5.41) is 17.1. The topological polar surface area (TPSA) is 103 Å². The Kier molecular flexibility index (Phi) is 5.58. The Morgan fingerprint density at radius 2 is 2.00 bits per heavy atom. The zero-order valence-electron chi connectivity index (χ0n) is 14.2. The third-order valence-electron chi connectivity index (χ3n) is 3.85. The molecule has 3 aromatic carbocycles. The molecule has 0 atom stereocenters. The van der Waals surface area contributed by atoms with Crippen molar-refractivity contribution < 1.29 is 9.66 Å². The van der Waals surface area contributed by atoms with E-state index < -0.39 is 4.92 Å². The summed E-state index contributed by atoms with van der Waals surface area (Å²) in [6.45, 7) is 0.308. The molecule has 27 heavy (non-hydrogen) atoms. The summed E-state index contributed by atoms with van der Waals surface area (Å²) in [4.78, 5) is 10.6. The molecule has 0 spiro atoms. The molecule has 0 radical (unpaired) electrons. The van der Waals surface area contributed by atoms with Gasteiger partial charge >= 0.3 is 0 Å². The van der Waals surface area contributed by atoms with Crippen molar-refractivity contribution in [1.29, 1.82) is 0 Å². The van der Waals surface area contributed by atoms with Gasteiger partial charge in [-0.05, 0) is 34.6 Å². The molecule has 3 rings (SSSR count). The van der Waals surface area contributed by atoms with Crippen molar-refractivity contribution in [3.63, 3.8) is 0 Å². The van der Waals surface area contributed by atoms with Gasteiger partial charge in [-0.3, -0.25) is 15.5 Å². The lowest BCUT2D eigenvalue weighted by Gasteiger charge is -2.11. The first-order valence-electron chi connectivity index (χ1n) is 8.01. The fraction of sp³-hybridized carbons (Fsp3) is 0.0526. The van der Waals surface area contributed by atoms with Gasteiger partial charge in [0.05, 0.1) is 11.1 Å². The SMILES string of the molecule is NC(=S)N/N=C\c1cc([N+](=O)[O-])ccc1OCc1cccc2ccccc12. The number of ether oxygens (including phenoxy) is 1. The Hall–Kier alpha value is -3.52. The average Bonchev–Trinajstić information content (AvgIpc) is 2.66. The molecule has 7 nitrogen and oxygen atoms in total. The van der Waals surface area contributed by atoms with E-state index in [0.29, 0.717) is 17.9 Å². The third-order valence-corrected chi connectivity index (χ3v) is 3.94. The molecule has 0 fully saturated rings. The molecule has 0 amide bonds. The van der Waals surface area contributed by atoms with Crippen LogP contribution in [0, 0.1) is 10.1 Å². The molecular formula is C19H16N4O3S. The molecule has 0 bridgehead atoms. The van der Waals surface area contributed by atoms with Gasteiger partial charge in [0.15, 0.2) is 5.11 Å². The number of hydrazone groups is 1. The molecule has 0 saturated carbocycles. The van der Waals surface area contributed by atoms with Crippen molar-refractivity contribution in [3.05, 3.63) is 81.9 Å². The zero-order chi connectivity index (χ0) is 19.2. The highest BCUT2D eigenvalue weighted by Gasteiger charge is 2.11. The van der Waals surface area contributed by atoms with E-state index in [9.17, 15) is 10.1 Å². The van der Waals surface area contributed by atoms with Crippen molar-refractivity contribution in [1.82, 2.24) is 5.43 Å². The lowest BCUT2D eigenvalue weighted by molar-refractivity contribution is -0.384. The Morgan fingerprint density at radius 1 is 1.22 bits per heavy atom. The molecule has 3 aromatic rings. The molecule has 0 aliphatic heterocycles. The molecule has 136 valence electrons. The molecule has 0 aromatic heterocycles. The first-order chi connectivity index (χ1) is 13.0. The lowest BCUT2D eigenvalue weighted by Crippen LogP contribution is -2.24. The van der Waals surface area contributed by atoms with E-state index in [1.54, 1.807) is 6.07 Å². The summed E-state index contributed by atoms with van der Waals surface area (Å²) in [6, 6.07) is 18.3. The molecular weight excluding hydrogens is 364 g/mol. The van der Waals surface area contributed by atoms with E-state index in [0.717, 1.165) is 16.3 Å². The first-order valence-corrected chi connectivity index (χ1v) is 8.42. The Morgan fingerprint density at radius 3 is 2.78 bits per heavy atom. The van der Waals surface area contributed by atoms with Crippen LogP contribution in [-0.4, -0.2) is 16.3 Å². The second kappa shape index (κ2) is 8.24. The molecule has 8 heteroatoms. The number of nitro benzene ring substituents is 1. The summed E-state index contributed by atoms with van der Waals surface area (Å²) in [6.07, 6.45) is 1.38. The monoisotopic (exact) mass is 380 g/mol. The van der Waals surface area contributed by atoms with E-state index in [2.05, 4.69) is 22.7 Å². The molecule has 0 saturated heterocycles. The smallest absolute Gasteiger partial charge is 0.270 e. The molecule has 0 unspecified atom stereocenters. The van der Waals surface area contributed by atoms with Crippen molar-refractivity contribution in [2.45, 2.75) is 6.61 Å². The van der Waals surface area contributed by atoms with Gasteiger partial charge in [0.1, 0.15) is 12.4 Å². The number of nitrogens with one attached hydrogen (secondary N) is 1. The maximum atomic E-state index is 11.0. The number of rotatable bonds is 6. The van der Waals surface area contributed by atoms with Crippen LogP contribution in [-0.2, 0) is 6.61 Å². The summed E-state index contributed by atoms with van der Waals surface area (Å²) in [5.41, 5.74) is 9.13. The summed E-state index contributed by atoms with van der Waals surface area (Å²) >= 11 is 4.68. The number of nitro groups is 1. The highest BCUT2D eigenvalue weighted by molar-refractivity contribution is 7.80. The van der Waals surface area contributed by atoms with E-state index in [1.807, 2.05) is 42.5 Å². The third kappa shape index (κ3) is 4.56. The average molecular weight is 380 g/mol. The van der Waals surface area contributed by atoms with Crippen LogP contribution in [0.5, 0.6) is 5.75 Å². The van der Waals surface area contributed by atoms with Gasteiger partial charge < -0.3 is 10.5 Å². The van der Waals surface area contributed by atoms with E-state index in [4.69, 9.17) is 10.5 Å². The lowest BCUT2D eigenvalue weighted by atomic mass is 10.1. The standard InChI is InChI=1S/C19H16N4O3S/c20-19(27)22-21-11-15-10-16(23(24)25)8-9-18(15)26-12-14-6-3-5-13-4-1-2-7-17(13)14/h1-11H,12H2,(H3,20,22,27)/b21-11-. The number of nitrogens with two attached hydrogens (primary N) is 1. The van der Waals surface area contributed by atoms with Crippen LogP contribution in [0.1, 0.15) is 11.1 Å². The minimum absolute atomic E-state index is 0.00472. The van der Waals surface area contributed by atoms with Crippen molar-refractivity contribution >= 4 is 40.0 Å². The second-order valence-corrected chi connectivity index (χ2v) is 6.08. The predicted octanol–water partition coefficient (Wildman–Crippen LogP) is 3.49. The Balaban J connectivity index is 1.87. The summed E-state index contributed by atoms with van der Waals surface area (Å²) < 4.78 is 5.92. The van der Waals surface area contributed by atoms with Crippen LogP contribution in [0.2, 0.25) is 0 Å². The number of hydrogen-bond donors (Lipinski definition) is 2. The van der Waals surface area contributed by atoms with Crippen molar-refractivity contribution in [2.75, 3.05) is 0 Å². The van der Waals surface area contributed by atoms with Crippen LogP contribution in [0.25, 0.3) is 10.8 Å². The van der Waals surface area contributed by atoms with Crippen LogP contribution in [0.3, 0.4) is 0 Å². The van der Waals surface area contributed by atoms with Crippen LogP contribution < -0.4 is 15.9 Å². The number of nitrogens with zero attached hydrogens (tertiary/aromatic N) is 2. The number of fused-ring (bicyclic) bond motifs is 1. The number of non-ortho nitro benzene ring substituents is 1. The highest BCUT2D eigenvalue weighted by Crippen LogP contribution is 2.25. The predicted molar refractivity (Wildman–Crippen MR) is 109 cm³/mol. The minimum atomic E-state index is -0.479. The summed E-state index contributed by atoms with van der Waals surface area (Å²) in [5.74, 6) is 0.460. The van der Waals surface area contributed by atoms with Crippen molar-refractivity contribution in [2.24, 2.45) is 10.8 Å². The fourth-order valence-electron chi connectivity index (χ4n) is 2.62. The van der Waals surface area contributed by atoms with E-state index >= 15 is 0 Å². The summed E-state index contributed by atoms with van der Waals surface area (Å²) in [7, 11) is 0. The Labute approximate surface area is 160 Å². The van der Waals surface area contributed by atoms with E-state index in [1.165, 1.54) is 18.3 Å². The number of hydrogen-bond acceptors (Lipinski definition) is 5. The van der Waals surface area contributed by atoms with E-state index in [-0.39, 0.29) is 10.8 Å². The number of thiocarbonyl (C=S) groups is 1. The fourth-order valence-corrected chi connectivity index (χ4v) is 2.67. The molecule has 3 N–H and O–H groups in total. The zero-order valence-corrected chi connectivity index (χ0v) is 15.0. The minimum Gasteiger partial charge on any atom is -0.488 e. The van der Waals surface area contributed by atoms with Crippen LogP contribution in [0.4, 0.5) is 5.69 Å². The van der Waals surface area contributed by atoms with Gasteiger partial charge in [-0.1, -0.05) is 42.5 Å². The maximum absolute atomic E-state index is 11.0. The molecule has 0 aliphatic rings. The molecule has 0 heterocycles.